The molecule has 0 bridgehead atoms. The van der Waals surface area contributed by atoms with E-state index in [0.717, 1.165) is 25.7 Å². The lowest BCUT2D eigenvalue weighted by molar-refractivity contribution is -0.122. The Kier molecular flexibility index (Phi) is 5.06. The molecular formula is C21H28FN3O5S. The monoisotopic (exact) mass is 453 g/mol. The molecule has 0 radical (unpaired) electrons. The van der Waals surface area contributed by atoms with Crippen molar-refractivity contribution in [1.29, 1.82) is 0 Å². The van der Waals surface area contributed by atoms with Gasteiger partial charge >= 0.3 is 6.09 Å². The van der Waals surface area contributed by atoms with Crippen molar-refractivity contribution in [2.75, 3.05) is 47.5 Å². The first-order valence-corrected chi connectivity index (χ1v) is 12.7. The van der Waals surface area contributed by atoms with Crippen molar-refractivity contribution in [3.05, 3.63) is 24.0 Å². The van der Waals surface area contributed by atoms with Crippen LogP contribution in [0.4, 0.5) is 20.6 Å². The van der Waals surface area contributed by atoms with Gasteiger partial charge in [-0.05, 0) is 43.9 Å². The number of benzene rings is 1. The number of anilines is 2. The van der Waals surface area contributed by atoms with Crippen LogP contribution in [-0.2, 0) is 9.53 Å². The molecule has 0 aromatic heterocycles. The van der Waals surface area contributed by atoms with Gasteiger partial charge in [-0.2, -0.15) is 10.6 Å². The lowest BCUT2D eigenvalue weighted by Crippen LogP contribution is -2.52. The van der Waals surface area contributed by atoms with Crippen LogP contribution in [-0.4, -0.2) is 64.9 Å². The van der Waals surface area contributed by atoms with Gasteiger partial charge in [0.05, 0.1) is 24.5 Å². The minimum atomic E-state index is -2.38. The standard InChI is InChI=1S/C21H28FN3O5S/c22-17-9-15(25-11-16(30-20(25)27)10-23-19(26)14-1-2-14)3-4-18(17)24-7-5-21(6-8-24)12-31(28,29)13-21/h3-4,9,14,16,28-29H,1-2,5-8,10-13H2,(H,23,26)/t16-/m0/s1. The Morgan fingerprint density at radius 3 is 2.58 bits per heavy atom. The zero-order valence-corrected chi connectivity index (χ0v) is 18.1. The number of cyclic esters (lactones) is 1. The smallest absolute Gasteiger partial charge is 0.414 e. The second-order valence-electron chi connectivity index (χ2n) is 9.35. The first-order chi connectivity index (χ1) is 14.7. The highest BCUT2D eigenvalue weighted by Gasteiger charge is 2.49. The first-order valence-electron chi connectivity index (χ1n) is 10.8. The number of rotatable bonds is 5. The second-order valence-corrected chi connectivity index (χ2v) is 11.5. The number of piperidine rings is 1. The van der Waals surface area contributed by atoms with Crippen LogP contribution in [0.1, 0.15) is 25.7 Å². The molecule has 0 unspecified atom stereocenters. The van der Waals surface area contributed by atoms with E-state index in [-0.39, 0.29) is 30.3 Å². The van der Waals surface area contributed by atoms with Crippen LogP contribution in [0.2, 0.25) is 0 Å². The van der Waals surface area contributed by atoms with Crippen molar-refractivity contribution in [3.8, 4) is 0 Å². The third-order valence-electron chi connectivity index (χ3n) is 6.81. The van der Waals surface area contributed by atoms with Crippen LogP contribution in [0.3, 0.4) is 0 Å². The third kappa shape index (κ3) is 4.20. The molecule has 3 heterocycles. The summed E-state index contributed by atoms with van der Waals surface area (Å²) in [6, 6.07) is 4.76. The largest absolute Gasteiger partial charge is 0.442 e. The van der Waals surface area contributed by atoms with E-state index in [1.165, 1.54) is 11.0 Å². The second kappa shape index (κ2) is 7.53. The van der Waals surface area contributed by atoms with Crippen molar-refractivity contribution >= 4 is 34.0 Å². The van der Waals surface area contributed by atoms with E-state index >= 15 is 0 Å². The molecule has 1 aromatic carbocycles. The van der Waals surface area contributed by atoms with Crippen molar-refractivity contribution < 1.29 is 27.8 Å². The number of hydrogen-bond acceptors (Lipinski definition) is 6. The maximum atomic E-state index is 14.9. The van der Waals surface area contributed by atoms with Crippen molar-refractivity contribution in [2.45, 2.75) is 31.8 Å². The van der Waals surface area contributed by atoms with Gasteiger partial charge in [0.1, 0.15) is 11.9 Å². The molecule has 1 spiro atoms. The number of ether oxygens (including phenoxy) is 1. The summed E-state index contributed by atoms with van der Waals surface area (Å²) in [6.07, 6.45) is 2.47. The van der Waals surface area contributed by atoms with Crippen LogP contribution in [0.5, 0.6) is 0 Å². The molecule has 5 rings (SSSR count). The van der Waals surface area contributed by atoms with Gasteiger partial charge in [0.25, 0.3) is 0 Å². The maximum Gasteiger partial charge on any atom is 0.414 e. The zero-order valence-electron chi connectivity index (χ0n) is 17.3. The molecule has 10 heteroatoms. The number of carbonyl (C=O) groups excluding carboxylic acids is 2. The Labute approximate surface area is 182 Å². The highest BCUT2D eigenvalue weighted by atomic mass is 32.3. The summed E-state index contributed by atoms with van der Waals surface area (Å²) < 4.78 is 39.7. The fourth-order valence-corrected chi connectivity index (χ4v) is 7.37. The summed E-state index contributed by atoms with van der Waals surface area (Å²) in [5, 5.41) is 2.81. The summed E-state index contributed by atoms with van der Waals surface area (Å²) >= 11 is 0. The van der Waals surface area contributed by atoms with Crippen LogP contribution < -0.4 is 15.1 Å². The van der Waals surface area contributed by atoms with Crippen molar-refractivity contribution in [3.63, 3.8) is 0 Å². The maximum absolute atomic E-state index is 14.9. The topological polar surface area (TPSA) is 102 Å². The van der Waals surface area contributed by atoms with Crippen LogP contribution >= 0.6 is 10.6 Å². The van der Waals surface area contributed by atoms with Gasteiger partial charge in [-0.25, -0.2) is 9.18 Å². The number of amides is 2. The minimum absolute atomic E-state index is 0.000168. The Morgan fingerprint density at radius 1 is 1.26 bits per heavy atom. The summed E-state index contributed by atoms with van der Waals surface area (Å²) in [7, 11) is -2.38. The molecule has 3 aliphatic heterocycles. The number of halogens is 1. The van der Waals surface area contributed by atoms with Gasteiger partial charge in [-0.3, -0.25) is 18.8 Å². The molecule has 1 saturated carbocycles. The molecule has 1 aromatic rings. The number of carbonyl (C=O) groups is 2. The van der Waals surface area contributed by atoms with Gasteiger partial charge in [0.2, 0.25) is 5.91 Å². The highest BCUT2D eigenvalue weighted by molar-refractivity contribution is 8.25. The predicted octanol–water partition coefficient (Wildman–Crippen LogP) is 3.03. The average molecular weight is 454 g/mol. The van der Waals surface area contributed by atoms with E-state index in [1.807, 2.05) is 4.90 Å². The number of nitrogens with zero attached hydrogens (tertiary/aromatic N) is 2. The Morgan fingerprint density at radius 2 is 1.97 bits per heavy atom. The predicted molar refractivity (Wildman–Crippen MR) is 116 cm³/mol. The van der Waals surface area contributed by atoms with Gasteiger partial charge in [-0.15, -0.1) is 0 Å². The quantitative estimate of drug-likeness (QED) is 0.633. The van der Waals surface area contributed by atoms with Crippen LogP contribution in [0.25, 0.3) is 0 Å². The SMILES string of the molecule is O=C(NC[C@H]1CN(c2ccc(N3CCC4(CC3)CS(O)(O)C4)c(F)c2)C(=O)O1)C1CC1. The van der Waals surface area contributed by atoms with Crippen LogP contribution in [0, 0.1) is 17.2 Å². The fraction of sp³-hybridized carbons (Fsp3) is 0.619. The average Bonchev–Trinajstić information content (AvgIpc) is 3.48. The van der Waals surface area contributed by atoms with Gasteiger partial charge < -0.3 is 15.0 Å². The van der Waals surface area contributed by atoms with Gasteiger partial charge in [-0.1, -0.05) is 0 Å². The third-order valence-corrected chi connectivity index (χ3v) is 8.96. The van der Waals surface area contributed by atoms with E-state index in [2.05, 4.69) is 5.32 Å². The van der Waals surface area contributed by atoms with E-state index in [9.17, 15) is 23.1 Å². The molecule has 1 atom stereocenters. The number of nitrogens with one attached hydrogen (secondary N) is 1. The summed E-state index contributed by atoms with van der Waals surface area (Å²) in [6.45, 7) is 1.86. The first kappa shape index (κ1) is 20.8. The Balaban J connectivity index is 1.19. The van der Waals surface area contributed by atoms with Gasteiger partial charge in [0.15, 0.2) is 0 Å². The molecule has 4 fully saturated rings. The fourth-order valence-electron chi connectivity index (χ4n) is 4.91. The normalized spacial score (nSPS) is 27.6. The van der Waals surface area contributed by atoms with E-state index in [4.69, 9.17) is 4.74 Å². The Bertz CT molecular complexity index is 891. The molecule has 2 amide bonds. The molecule has 31 heavy (non-hydrogen) atoms. The lowest BCUT2D eigenvalue weighted by atomic mass is 9.81. The number of hydrogen-bond donors (Lipinski definition) is 3. The molecule has 8 nitrogen and oxygen atoms in total. The highest BCUT2D eigenvalue weighted by Crippen LogP contribution is 2.62. The molecule has 4 aliphatic rings. The lowest BCUT2D eigenvalue weighted by Gasteiger charge is -2.58. The molecule has 3 saturated heterocycles. The summed E-state index contributed by atoms with van der Waals surface area (Å²) in [5.74, 6) is 0.633. The van der Waals surface area contributed by atoms with Crippen molar-refractivity contribution in [1.82, 2.24) is 5.32 Å². The van der Waals surface area contributed by atoms with Crippen LogP contribution in [0.15, 0.2) is 18.2 Å². The molecule has 3 N–H and O–H groups in total. The molecule has 1 aliphatic carbocycles. The summed E-state index contributed by atoms with van der Waals surface area (Å²) in [4.78, 5) is 27.4. The minimum Gasteiger partial charge on any atom is -0.442 e. The Hall–Kier alpha value is -2.04. The molecule has 170 valence electrons. The zero-order chi connectivity index (χ0) is 21.8. The van der Waals surface area contributed by atoms with E-state index in [1.54, 1.807) is 12.1 Å². The molecular weight excluding hydrogens is 425 g/mol. The van der Waals surface area contributed by atoms with Crippen molar-refractivity contribution in [2.24, 2.45) is 11.3 Å². The van der Waals surface area contributed by atoms with E-state index in [0.29, 0.717) is 36.0 Å². The summed E-state index contributed by atoms with van der Waals surface area (Å²) in [5.41, 5.74) is 0.920. The van der Waals surface area contributed by atoms with E-state index < -0.39 is 28.6 Å². The van der Waals surface area contributed by atoms with Gasteiger partial charge in [0, 0.05) is 35.9 Å².